The van der Waals surface area contributed by atoms with Crippen LogP contribution in [0.25, 0.3) is 0 Å². The molecule has 1 N–H and O–H groups in total. The van der Waals surface area contributed by atoms with E-state index >= 15 is 0 Å². The van der Waals surface area contributed by atoms with Crippen LogP contribution in [0.5, 0.6) is 5.75 Å². The topological polar surface area (TPSA) is 88.6 Å². The normalized spacial score (nSPS) is 17.7. The number of hydrogen-bond acceptors (Lipinski definition) is 5. The number of rotatable bonds is 7. The first-order chi connectivity index (χ1) is 14.3. The number of nitrogens with zero attached hydrogens (tertiary/aromatic N) is 2. The molecule has 0 spiro atoms. The summed E-state index contributed by atoms with van der Waals surface area (Å²) in [5, 5.41) is 2.88. The van der Waals surface area contributed by atoms with Crippen LogP contribution in [0.3, 0.4) is 0 Å². The van der Waals surface area contributed by atoms with Gasteiger partial charge in [0.2, 0.25) is 15.9 Å². The van der Waals surface area contributed by atoms with E-state index in [0.29, 0.717) is 31.7 Å². The molecule has 0 saturated carbocycles. The zero-order chi connectivity index (χ0) is 21.7. The van der Waals surface area contributed by atoms with Gasteiger partial charge in [0, 0.05) is 19.3 Å². The third-order valence-electron chi connectivity index (χ3n) is 5.40. The number of benzene rings is 1. The van der Waals surface area contributed by atoms with Gasteiger partial charge < -0.3 is 10.1 Å². The van der Waals surface area contributed by atoms with Gasteiger partial charge in [-0.1, -0.05) is 26.0 Å². The standard InChI is InChI=1S/C22H29N3O4S/c1-16(2)17-9-10-20(29-3)21(13-17)30(27,28)25-12-6-7-18(15-25)22(26)24-14-19-8-4-5-11-23-19/h4-5,8-11,13,16,18H,6-7,12,14-15H2,1-3H3,(H,24,26)/t18-/m1/s1. The van der Waals surface area contributed by atoms with Gasteiger partial charge >= 0.3 is 0 Å². The fourth-order valence-corrected chi connectivity index (χ4v) is 5.31. The van der Waals surface area contributed by atoms with Gasteiger partial charge in [-0.25, -0.2) is 8.42 Å². The number of nitrogens with one attached hydrogen (secondary N) is 1. The Labute approximate surface area is 178 Å². The SMILES string of the molecule is COc1ccc(C(C)C)cc1S(=O)(=O)N1CCC[C@@H](C(=O)NCc2ccccn2)C1. The molecule has 30 heavy (non-hydrogen) atoms. The highest BCUT2D eigenvalue weighted by atomic mass is 32.2. The molecule has 2 heterocycles. The van der Waals surface area contributed by atoms with E-state index in [9.17, 15) is 13.2 Å². The lowest BCUT2D eigenvalue weighted by atomic mass is 9.99. The van der Waals surface area contributed by atoms with Gasteiger partial charge in [-0.2, -0.15) is 4.31 Å². The minimum Gasteiger partial charge on any atom is -0.495 e. The van der Waals surface area contributed by atoms with Crippen molar-refractivity contribution in [2.24, 2.45) is 5.92 Å². The quantitative estimate of drug-likeness (QED) is 0.728. The monoisotopic (exact) mass is 431 g/mol. The molecule has 162 valence electrons. The van der Waals surface area contributed by atoms with E-state index in [1.54, 1.807) is 18.3 Å². The number of piperidine rings is 1. The van der Waals surface area contributed by atoms with E-state index < -0.39 is 15.9 Å². The predicted molar refractivity (Wildman–Crippen MR) is 115 cm³/mol. The van der Waals surface area contributed by atoms with Crippen LogP contribution in [0.2, 0.25) is 0 Å². The fraction of sp³-hybridized carbons (Fsp3) is 0.455. The Morgan fingerprint density at radius 3 is 2.77 bits per heavy atom. The molecule has 1 aromatic heterocycles. The Morgan fingerprint density at radius 2 is 2.10 bits per heavy atom. The largest absolute Gasteiger partial charge is 0.495 e. The number of carbonyl (C=O) groups is 1. The van der Waals surface area contributed by atoms with Gasteiger partial charge in [-0.05, 0) is 48.6 Å². The molecular weight excluding hydrogens is 402 g/mol. The number of ether oxygens (including phenoxy) is 1. The van der Waals surface area contributed by atoms with Crippen molar-refractivity contribution in [3.8, 4) is 5.75 Å². The van der Waals surface area contributed by atoms with Crippen LogP contribution in [-0.4, -0.2) is 43.8 Å². The molecule has 1 aliphatic rings. The van der Waals surface area contributed by atoms with Gasteiger partial charge in [-0.3, -0.25) is 9.78 Å². The molecule has 0 radical (unpaired) electrons. The van der Waals surface area contributed by atoms with Crippen LogP contribution in [0.15, 0.2) is 47.5 Å². The second-order valence-electron chi connectivity index (χ2n) is 7.81. The average molecular weight is 432 g/mol. The molecule has 7 nitrogen and oxygen atoms in total. The first kappa shape index (κ1) is 22.2. The summed E-state index contributed by atoms with van der Waals surface area (Å²) in [7, 11) is -2.31. The second-order valence-corrected chi connectivity index (χ2v) is 9.71. The maximum absolute atomic E-state index is 13.4. The predicted octanol–water partition coefficient (Wildman–Crippen LogP) is 2.93. The third-order valence-corrected chi connectivity index (χ3v) is 7.28. The second kappa shape index (κ2) is 9.57. The summed E-state index contributed by atoms with van der Waals surface area (Å²) in [6.45, 7) is 4.90. The maximum atomic E-state index is 13.4. The van der Waals surface area contributed by atoms with E-state index in [4.69, 9.17) is 4.74 Å². The number of carbonyl (C=O) groups excluding carboxylic acids is 1. The molecule has 1 fully saturated rings. The average Bonchev–Trinajstić information content (AvgIpc) is 2.77. The Hall–Kier alpha value is -2.45. The minimum absolute atomic E-state index is 0.150. The lowest BCUT2D eigenvalue weighted by Gasteiger charge is -2.31. The summed E-state index contributed by atoms with van der Waals surface area (Å²) in [4.78, 5) is 17.0. The van der Waals surface area contributed by atoms with Crippen molar-refractivity contribution in [2.45, 2.75) is 44.0 Å². The zero-order valence-electron chi connectivity index (χ0n) is 17.7. The van der Waals surface area contributed by atoms with Crippen LogP contribution < -0.4 is 10.1 Å². The summed E-state index contributed by atoms with van der Waals surface area (Å²) in [5.74, 6) is -0.0302. The van der Waals surface area contributed by atoms with Gasteiger partial charge in [0.1, 0.15) is 10.6 Å². The lowest BCUT2D eigenvalue weighted by molar-refractivity contribution is -0.126. The van der Waals surface area contributed by atoms with E-state index in [2.05, 4.69) is 10.3 Å². The number of hydrogen-bond donors (Lipinski definition) is 1. The lowest BCUT2D eigenvalue weighted by Crippen LogP contribution is -2.45. The van der Waals surface area contributed by atoms with Crippen molar-refractivity contribution < 1.29 is 17.9 Å². The Kier molecular flexibility index (Phi) is 7.10. The molecule has 1 atom stereocenters. The van der Waals surface area contributed by atoms with Crippen LogP contribution in [0.4, 0.5) is 0 Å². The molecule has 0 unspecified atom stereocenters. The first-order valence-electron chi connectivity index (χ1n) is 10.2. The summed E-state index contributed by atoms with van der Waals surface area (Å²) >= 11 is 0. The Bertz CT molecular complexity index is 977. The number of pyridine rings is 1. The number of methoxy groups -OCH3 is 1. The summed E-state index contributed by atoms with van der Waals surface area (Å²) in [5.41, 5.74) is 1.69. The highest BCUT2D eigenvalue weighted by Crippen LogP contribution is 2.32. The van der Waals surface area contributed by atoms with E-state index in [1.807, 2.05) is 38.1 Å². The molecule has 1 amide bonds. The van der Waals surface area contributed by atoms with Crippen molar-refractivity contribution in [2.75, 3.05) is 20.2 Å². The van der Waals surface area contributed by atoms with Crippen molar-refractivity contribution >= 4 is 15.9 Å². The highest BCUT2D eigenvalue weighted by Gasteiger charge is 2.35. The van der Waals surface area contributed by atoms with Crippen molar-refractivity contribution in [3.05, 3.63) is 53.9 Å². The molecule has 3 rings (SSSR count). The number of aromatic nitrogens is 1. The smallest absolute Gasteiger partial charge is 0.246 e. The molecule has 8 heteroatoms. The maximum Gasteiger partial charge on any atom is 0.246 e. The van der Waals surface area contributed by atoms with Crippen LogP contribution in [0, 0.1) is 5.92 Å². The van der Waals surface area contributed by atoms with Crippen molar-refractivity contribution in [1.82, 2.24) is 14.6 Å². The molecule has 0 aliphatic carbocycles. The first-order valence-corrected chi connectivity index (χ1v) is 11.6. The summed E-state index contributed by atoms with van der Waals surface area (Å²) in [6, 6.07) is 10.8. The molecule has 1 aliphatic heterocycles. The van der Waals surface area contributed by atoms with Crippen LogP contribution in [-0.2, 0) is 21.4 Å². The molecular formula is C22H29N3O4S. The Balaban J connectivity index is 1.75. The summed E-state index contributed by atoms with van der Waals surface area (Å²) in [6.07, 6.45) is 2.96. The number of amides is 1. The molecule has 1 aromatic carbocycles. The number of sulfonamides is 1. The van der Waals surface area contributed by atoms with E-state index in [1.165, 1.54) is 11.4 Å². The molecule has 0 bridgehead atoms. The third kappa shape index (κ3) is 4.99. The van der Waals surface area contributed by atoms with Crippen LogP contribution in [0.1, 0.15) is 43.9 Å². The molecule has 1 saturated heterocycles. The van der Waals surface area contributed by atoms with Crippen LogP contribution >= 0.6 is 0 Å². The highest BCUT2D eigenvalue weighted by molar-refractivity contribution is 7.89. The van der Waals surface area contributed by atoms with Gasteiger partial charge in [-0.15, -0.1) is 0 Å². The van der Waals surface area contributed by atoms with E-state index in [0.717, 1.165) is 11.3 Å². The van der Waals surface area contributed by atoms with Crippen molar-refractivity contribution in [3.63, 3.8) is 0 Å². The zero-order valence-corrected chi connectivity index (χ0v) is 18.5. The van der Waals surface area contributed by atoms with E-state index in [-0.39, 0.29) is 23.3 Å². The fourth-order valence-electron chi connectivity index (χ4n) is 3.59. The van der Waals surface area contributed by atoms with Gasteiger partial charge in [0.25, 0.3) is 0 Å². The van der Waals surface area contributed by atoms with Gasteiger partial charge in [0.15, 0.2) is 0 Å². The van der Waals surface area contributed by atoms with Gasteiger partial charge in [0.05, 0.1) is 25.3 Å². The Morgan fingerprint density at radius 1 is 1.30 bits per heavy atom. The molecule has 2 aromatic rings. The van der Waals surface area contributed by atoms with Crippen molar-refractivity contribution in [1.29, 1.82) is 0 Å². The summed E-state index contributed by atoms with van der Waals surface area (Å²) < 4.78 is 33.5. The minimum atomic E-state index is -3.78.